The third kappa shape index (κ3) is 6.56. The van der Waals surface area contributed by atoms with E-state index >= 15 is 0 Å². The number of nitrogens with zero attached hydrogens (tertiary/aromatic N) is 2. The third-order valence-electron chi connectivity index (χ3n) is 11.5. The molecule has 1 aliphatic carbocycles. The molecule has 0 fully saturated rings. The molecule has 1 aliphatic rings. The van der Waals surface area contributed by atoms with E-state index in [1.54, 1.807) is 0 Å². The zero-order valence-corrected chi connectivity index (χ0v) is 31.8. The third-order valence-corrected chi connectivity index (χ3v) is 11.5. The summed E-state index contributed by atoms with van der Waals surface area (Å²) in [6, 6.07) is 63.9. The highest BCUT2D eigenvalue weighted by Crippen LogP contribution is 2.46. The van der Waals surface area contributed by atoms with E-state index in [1.165, 1.54) is 71.6 Å². The molecule has 0 saturated heterocycles. The largest absolute Gasteiger partial charge is 0.256 e. The summed E-state index contributed by atoms with van der Waals surface area (Å²) >= 11 is 0. The molecule has 10 rings (SSSR count). The van der Waals surface area contributed by atoms with Gasteiger partial charge >= 0.3 is 0 Å². The van der Waals surface area contributed by atoms with Crippen molar-refractivity contribution in [2.45, 2.75) is 12.8 Å². The molecular formula is C55H40N2. The van der Waals surface area contributed by atoms with E-state index in [1.807, 2.05) is 36.7 Å². The van der Waals surface area contributed by atoms with Crippen molar-refractivity contribution in [2.75, 3.05) is 0 Å². The highest BCUT2D eigenvalue weighted by molar-refractivity contribution is 6.22. The summed E-state index contributed by atoms with van der Waals surface area (Å²) in [6.45, 7) is 2.32. The second-order valence-electron chi connectivity index (χ2n) is 15.0. The van der Waals surface area contributed by atoms with Crippen LogP contribution in [-0.2, 0) is 0 Å². The minimum Gasteiger partial charge on any atom is -0.256 e. The molecule has 2 heteroatoms. The topological polar surface area (TPSA) is 25.8 Å². The summed E-state index contributed by atoms with van der Waals surface area (Å²) in [5.41, 5.74) is 15.2. The first-order valence-corrected chi connectivity index (χ1v) is 19.8. The van der Waals surface area contributed by atoms with Gasteiger partial charge in [0.15, 0.2) is 0 Å². The standard InChI is InChI=1S/C55H40N2/c1-37-13-5-6-16-47(37)46-34-44(38-14-3-2-4-15-38)33-45(35-46)43-29-30-50-51(36-43)55(42-27-23-40(24-28-42)53-20-10-12-32-57-53)49-18-8-7-17-48(49)54(50)41-25-21-39(22-26-41)52-19-9-11-31-56-52/h2-37,47H,1H3. The van der Waals surface area contributed by atoms with Crippen LogP contribution in [0.1, 0.15) is 18.4 Å². The van der Waals surface area contributed by atoms with E-state index in [2.05, 4.69) is 193 Å². The molecule has 2 nitrogen and oxygen atoms in total. The van der Waals surface area contributed by atoms with Crippen LogP contribution in [0.4, 0.5) is 0 Å². The SMILES string of the molecule is CC1C=CC=CC1c1cc(-c2ccccc2)cc(-c2ccc3c(-c4ccc(-c5ccccn5)cc4)c4ccccc4c(-c4ccc(-c5ccccn5)cc4)c3c2)c1. The lowest BCUT2D eigenvalue weighted by Gasteiger charge is -2.23. The van der Waals surface area contributed by atoms with E-state index in [-0.39, 0.29) is 0 Å². The smallest absolute Gasteiger partial charge is 0.0701 e. The number of allylic oxidation sites excluding steroid dienone is 4. The molecule has 9 aromatic rings. The number of aromatic nitrogens is 2. The van der Waals surface area contributed by atoms with Crippen LogP contribution in [0, 0.1) is 5.92 Å². The summed E-state index contributed by atoms with van der Waals surface area (Å²) in [5, 5.41) is 4.90. The van der Waals surface area contributed by atoms with Crippen molar-refractivity contribution in [1.82, 2.24) is 9.97 Å². The fourth-order valence-electron chi connectivity index (χ4n) is 8.60. The van der Waals surface area contributed by atoms with Crippen molar-refractivity contribution < 1.29 is 0 Å². The normalized spacial score (nSPS) is 15.0. The first-order chi connectivity index (χ1) is 28.2. The van der Waals surface area contributed by atoms with E-state index in [4.69, 9.17) is 0 Å². The van der Waals surface area contributed by atoms with Gasteiger partial charge in [-0.2, -0.15) is 0 Å². The number of rotatable bonds is 7. The van der Waals surface area contributed by atoms with Crippen molar-refractivity contribution >= 4 is 21.5 Å². The Morgan fingerprint density at radius 2 is 0.842 bits per heavy atom. The lowest BCUT2D eigenvalue weighted by molar-refractivity contribution is 0.635. The zero-order chi connectivity index (χ0) is 38.1. The molecule has 270 valence electrons. The Kier molecular flexibility index (Phi) is 8.93. The molecule has 2 unspecified atom stereocenters. The Hall–Kier alpha value is -7.16. The van der Waals surface area contributed by atoms with E-state index in [0.717, 1.165) is 22.5 Å². The van der Waals surface area contributed by atoms with Crippen LogP contribution in [0.15, 0.2) is 213 Å². The van der Waals surface area contributed by atoms with Gasteiger partial charge < -0.3 is 0 Å². The predicted molar refractivity (Wildman–Crippen MR) is 240 cm³/mol. The van der Waals surface area contributed by atoms with Crippen LogP contribution in [0.2, 0.25) is 0 Å². The maximum atomic E-state index is 4.63. The van der Waals surface area contributed by atoms with Gasteiger partial charge in [0.1, 0.15) is 0 Å². The maximum Gasteiger partial charge on any atom is 0.0701 e. The molecule has 57 heavy (non-hydrogen) atoms. The van der Waals surface area contributed by atoms with E-state index in [9.17, 15) is 0 Å². The minimum absolute atomic E-state index is 0.302. The average Bonchev–Trinajstić information content (AvgIpc) is 3.29. The van der Waals surface area contributed by atoms with E-state index < -0.39 is 0 Å². The lowest BCUT2D eigenvalue weighted by Crippen LogP contribution is -2.07. The Labute approximate surface area is 334 Å². The Morgan fingerprint density at radius 3 is 1.42 bits per heavy atom. The van der Waals surface area contributed by atoms with Gasteiger partial charge in [0.25, 0.3) is 0 Å². The van der Waals surface area contributed by atoms with Crippen molar-refractivity contribution in [1.29, 1.82) is 0 Å². The van der Waals surface area contributed by atoms with Crippen molar-refractivity contribution in [3.8, 4) is 67.0 Å². The molecule has 0 N–H and O–H groups in total. The van der Waals surface area contributed by atoms with Crippen LogP contribution < -0.4 is 0 Å². The number of pyridine rings is 2. The van der Waals surface area contributed by atoms with Gasteiger partial charge in [-0.15, -0.1) is 0 Å². The molecule has 0 aliphatic heterocycles. The van der Waals surface area contributed by atoms with Crippen LogP contribution in [-0.4, -0.2) is 9.97 Å². The highest BCUT2D eigenvalue weighted by Gasteiger charge is 2.21. The van der Waals surface area contributed by atoms with Crippen LogP contribution in [0.25, 0.3) is 88.6 Å². The van der Waals surface area contributed by atoms with Gasteiger partial charge in [-0.05, 0) is 114 Å². The summed E-state index contributed by atoms with van der Waals surface area (Å²) in [6.07, 6.45) is 12.7. The Bertz CT molecular complexity index is 2930. The second kappa shape index (κ2) is 14.8. The Morgan fingerprint density at radius 1 is 0.351 bits per heavy atom. The Balaban J connectivity index is 1.21. The zero-order valence-electron chi connectivity index (χ0n) is 31.8. The first-order valence-electron chi connectivity index (χ1n) is 19.8. The molecule has 0 radical (unpaired) electrons. The first kappa shape index (κ1) is 34.3. The van der Waals surface area contributed by atoms with Gasteiger partial charge in [-0.1, -0.05) is 171 Å². The van der Waals surface area contributed by atoms with Crippen LogP contribution in [0.3, 0.4) is 0 Å². The van der Waals surface area contributed by atoms with Gasteiger partial charge in [-0.3, -0.25) is 9.97 Å². The van der Waals surface area contributed by atoms with Gasteiger partial charge in [0.2, 0.25) is 0 Å². The monoisotopic (exact) mass is 728 g/mol. The second-order valence-corrected chi connectivity index (χ2v) is 15.0. The highest BCUT2D eigenvalue weighted by atomic mass is 14.7. The van der Waals surface area contributed by atoms with Crippen LogP contribution >= 0.6 is 0 Å². The molecule has 0 amide bonds. The van der Waals surface area contributed by atoms with Crippen LogP contribution in [0.5, 0.6) is 0 Å². The average molecular weight is 729 g/mol. The molecule has 0 bridgehead atoms. The molecule has 2 aromatic heterocycles. The molecule has 7 aromatic carbocycles. The maximum absolute atomic E-state index is 4.63. The van der Waals surface area contributed by atoms with Gasteiger partial charge in [0, 0.05) is 29.4 Å². The summed E-state index contributed by atoms with van der Waals surface area (Å²) in [4.78, 5) is 9.24. The molecule has 0 saturated carbocycles. The van der Waals surface area contributed by atoms with Crippen molar-refractivity contribution in [3.63, 3.8) is 0 Å². The summed E-state index contributed by atoms with van der Waals surface area (Å²) < 4.78 is 0. The fraction of sp³-hybridized carbons (Fsp3) is 0.0545. The molecule has 2 heterocycles. The summed E-state index contributed by atoms with van der Waals surface area (Å²) in [5.74, 6) is 0.708. The van der Waals surface area contributed by atoms with Gasteiger partial charge in [-0.25, -0.2) is 0 Å². The number of hydrogen-bond donors (Lipinski definition) is 0. The molecular weight excluding hydrogens is 689 g/mol. The minimum atomic E-state index is 0.302. The van der Waals surface area contributed by atoms with E-state index in [0.29, 0.717) is 11.8 Å². The number of hydrogen-bond acceptors (Lipinski definition) is 2. The van der Waals surface area contributed by atoms with Crippen molar-refractivity contribution in [2.24, 2.45) is 5.92 Å². The van der Waals surface area contributed by atoms with Crippen molar-refractivity contribution in [3.05, 3.63) is 218 Å². The number of fused-ring (bicyclic) bond motifs is 2. The lowest BCUT2D eigenvalue weighted by atomic mass is 9.81. The molecule has 0 spiro atoms. The summed E-state index contributed by atoms with van der Waals surface area (Å²) in [7, 11) is 0. The predicted octanol–water partition coefficient (Wildman–Crippen LogP) is 14.6. The quantitative estimate of drug-likeness (QED) is 0.153. The molecule has 2 atom stereocenters. The number of benzene rings is 7. The van der Waals surface area contributed by atoms with Gasteiger partial charge in [0.05, 0.1) is 11.4 Å². The fourth-order valence-corrected chi connectivity index (χ4v) is 8.60.